The second-order valence-corrected chi connectivity index (χ2v) is 9.90. The van der Waals surface area contributed by atoms with Crippen molar-refractivity contribution in [1.82, 2.24) is 4.90 Å². The smallest absolute Gasteiger partial charge is 0.296 e. The molecule has 2 aromatic carbocycles. The molecule has 0 aliphatic carbocycles. The summed E-state index contributed by atoms with van der Waals surface area (Å²) >= 11 is 0. The van der Waals surface area contributed by atoms with E-state index in [1.165, 1.54) is 17.0 Å². The van der Waals surface area contributed by atoms with E-state index in [9.17, 15) is 19.1 Å². The lowest BCUT2D eigenvalue weighted by atomic mass is 9.84. The fourth-order valence-electron chi connectivity index (χ4n) is 4.43. The highest BCUT2D eigenvalue weighted by atomic mass is 19.1. The van der Waals surface area contributed by atoms with E-state index in [1.54, 1.807) is 49.4 Å². The molecule has 1 N–H and O–H groups in total. The summed E-state index contributed by atoms with van der Waals surface area (Å²) in [6, 6.07) is 13.4. The molecule has 1 atom stereocenters. The predicted octanol–water partition coefficient (Wildman–Crippen LogP) is 6.05. The van der Waals surface area contributed by atoms with E-state index in [0.717, 1.165) is 5.56 Å². The molecule has 7 heteroatoms. The van der Waals surface area contributed by atoms with Gasteiger partial charge in [0.1, 0.15) is 34.9 Å². The average Bonchev–Trinajstić information content (AvgIpc) is 3.36. The maximum Gasteiger partial charge on any atom is 0.296 e. The van der Waals surface area contributed by atoms with Gasteiger partial charge in [-0.25, -0.2) is 4.39 Å². The maximum atomic E-state index is 13.4. The lowest BCUT2D eigenvalue weighted by molar-refractivity contribution is -0.140. The van der Waals surface area contributed by atoms with Crippen molar-refractivity contribution in [3.63, 3.8) is 0 Å². The zero-order valence-corrected chi connectivity index (χ0v) is 21.1. The standard InChI is InChI=1S/C29H30FNO5/c1-6-35-22-14-10-19(15-21(22)29(3,4)5)26(32)24-25(23-13-7-17(2)36-23)31(28(34)27(24)33)16-18-8-11-20(30)12-9-18/h7-15,25,32H,6,16H2,1-5H3/b26-24-. The van der Waals surface area contributed by atoms with Gasteiger partial charge in [-0.2, -0.15) is 0 Å². The molecule has 2 heterocycles. The fourth-order valence-corrected chi connectivity index (χ4v) is 4.43. The van der Waals surface area contributed by atoms with Crippen molar-refractivity contribution >= 4 is 17.4 Å². The Labute approximate surface area is 210 Å². The molecular formula is C29H30FNO5. The lowest BCUT2D eigenvalue weighted by Crippen LogP contribution is -2.29. The number of Topliss-reactive ketones (excluding diaryl/α,β-unsaturated/α-hetero) is 1. The Hall–Kier alpha value is -3.87. The zero-order valence-electron chi connectivity index (χ0n) is 21.1. The van der Waals surface area contributed by atoms with E-state index in [2.05, 4.69) is 0 Å². The molecule has 1 aliphatic heterocycles. The van der Waals surface area contributed by atoms with Crippen LogP contribution < -0.4 is 4.74 Å². The normalized spacial score (nSPS) is 17.6. The number of nitrogens with zero attached hydrogens (tertiary/aromatic N) is 1. The van der Waals surface area contributed by atoms with E-state index in [-0.39, 0.29) is 23.3 Å². The summed E-state index contributed by atoms with van der Waals surface area (Å²) in [4.78, 5) is 27.8. The minimum Gasteiger partial charge on any atom is -0.507 e. The van der Waals surface area contributed by atoms with E-state index < -0.39 is 23.5 Å². The first kappa shape index (κ1) is 25.2. The van der Waals surface area contributed by atoms with Crippen molar-refractivity contribution in [2.24, 2.45) is 0 Å². The van der Waals surface area contributed by atoms with Gasteiger partial charge >= 0.3 is 0 Å². The number of ketones is 1. The number of carbonyl (C=O) groups excluding carboxylic acids is 2. The molecule has 1 amide bonds. The van der Waals surface area contributed by atoms with Crippen LogP contribution in [0.1, 0.15) is 61.9 Å². The minimum atomic E-state index is -0.937. The zero-order chi connectivity index (χ0) is 26.2. The quantitative estimate of drug-likeness (QED) is 0.258. The molecule has 4 rings (SSSR count). The van der Waals surface area contributed by atoms with Crippen molar-refractivity contribution in [3.05, 3.63) is 94.2 Å². The van der Waals surface area contributed by atoms with Crippen LogP contribution in [0.5, 0.6) is 5.75 Å². The number of aliphatic hydroxyl groups is 1. The van der Waals surface area contributed by atoms with Crippen LogP contribution in [0.25, 0.3) is 5.76 Å². The Morgan fingerprint density at radius 3 is 2.36 bits per heavy atom. The summed E-state index contributed by atoms with van der Waals surface area (Å²) in [5.41, 5.74) is 1.55. The van der Waals surface area contributed by atoms with E-state index in [4.69, 9.17) is 9.15 Å². The predicted molar refractivity (Wildman–Crippen MR) is 134 cm³/mol. The molecule has 36 heavy (non-hydrogen) atoms. The van der Waals surface area contributed by atoms with Gasteiger partial charge in [-0.1, -0.05) is 32.9 Å². The van der Waals surface area contributed by atoms with Gasteiger partial charge in [0.2, 0.25) is 0 Å². The first-order valence-corrected chi connectivity index (χ1v) is 11.9. The van der Waals surface area contributed by atoms with Crippen molar-refractivity contribution < 1.29 is 28.2 Å². The first-order chi connectivity index (χ1) is 17.0. The Morgan fingerprint density at radius 1 is 1.08 bits per heavy atom. The van der Waals surface area contributed by atoms with Gasteiger partial charge < -0.3 is 19.2 Å². The van der Waals surface area contributed by atoms with Gasteiger partial charge in [-0.15, -0.1) is 0 Å². The summed E-state index contributed by atoms with van der Waals surface area (Å²) in [5.74, 6) is -0.601. The summed E-state index contributed by atoms with van der Waals surface area (Å²) in [5, 5.41) is 11.4. The SMILES string of the molecule is CCOc1ccc(/C(O)=C2/C(=O)C(=O)N(Cc3ccc(F)cc3)C2c2ccc(C)o2)cc1C(C)(C)C. The molecular weight excluding hydrogens is 461 g/mol. The molecule has 0 saturated carbocycles. The molecule has 1 fully saturated rings. The first-order valence-electron chi connectivity index (χ1n) is 11.9. The number of likely N-dealkylation sites (tertiary alicyclic amines) is 1. The van der Waals surface area contributed by atoms with Crippen LogP contribution >= 0.6 is 0 Å². The maximum absolute atomic E-state index is 13.4. The largest absolute Gasteiger partial charge is 0.507 e. The van der Waals surface area contributed by atoms with Crippen LogP contribution in [0.3, 0.4) is 0 Å². The Balaban J connectivity index is 1.86. The molecule has 1 aliphatic rings. The monoisotopic (exact) mass is 491 g/mol. The highest BCUT2D eigenvalue weighted by Crippen LogP contribution is 2.42. The van der Waals surface area contributed by atoms with Crippen LogP contribution in [-0.4, -0.2) is 28.3 Å². The molecule has 0 bridgehead atoms. The molecule has 1 unspecified atom stereocenters. The van der Waals surface area contributed by atoms with E-state index in [0.29, 0.717) is 35.0 Å². The van der Waals surface area contributed by atoms with Crippen LogP contribution in [0, 0.1) is 12.7 Å². The topological polar surface area (TPSA) is 80.0 Å². The van der Waals surface area contributed by atoms with Crippen LogP contribution in [0.15, 0.2) is 64.6 Å². The van der Waals surface area contributed by atoms with Gasteiger partial charge in [-0.05, 0) is 67.3 Å². The van der Waals surface area contributed by atoms with Crippen LogP contribution in [-0.2, 0) is 21.5 Å². The number of halogens is 1. The molecule has 0 spiro atoms. The molecule has 0 radical (unpaired) electrons. The number of ether oxygens (including phenoxy) is 1. The second kappa shape index (κ2) is 9.64. The molecule has 3 aromatic rings. The number of aliphatic hydroxyl groups excluding tert-OH is 1. The number of furan rings is 1. The molecule has 1 aromatic heterocycles. The number of hydrogen-bond donors (Lipinski definition) is 1. The average molecular weight is 492 g/mol. The van der Waals surface area contributed by atoms with Crippen LogP contribution in [0.4, 0.5) is 4.39 Å². The van der Waals surface area contributed by atoms with Crippen molar-refractivity contribution in [3.8, 4) is 5.75 Å². The van der Waals surface area contributed by atoms with Crippen molar-refractivity contribution in [2.45, 2.75) is 52.6 Å². The third kappa shape index (κ3) is 4.78. The van der Waals surface area contributed by atoms with Gasteiger partial charge in [-0.3, -0.25) is 9.59 Å². The van der Waals surface area contributed by atoms with Gasteiger partial charge in [0, 0.05) is 17.7 Å². The summed E-state index contributed by atoms with van der Waals surface area (Å²) in [6.07, 6.45) is 0. The third-order valence-electron chi connectivity index (χ3n) is 6.20. The second-order valence-electron chi connectivity index (χ2n) is 9.90. The Kier molecular flexibility index (Phi) is 6.76. The van der Waals surface area contributed by atoms with Crippen molar-refractivity contribution in [2.75, 3.05) is 6.61 Å². The third-order valence-corrected chi connectivity index (χ3v) is 6.20. The number of carbonyl (C=O) groups is 2. The summed E-state index contributed by atoms with van der Waals surface area (Å²) < 4.78 is 25.0. The van der Waals surface area contributed by atoms with E-state index >= 15 is 0 Å². The van der Waals surface area contributed by atoms with Crippen molar-refractivity contribution in [1.29, 1.82) is 0 Å². The Morgan fingerprint density at radius 2 is 1.78 bits per heavy atom. The molecule has 6 nitrogen and oxygen atoms in total. The van der Waals surface area contributed by atoms with Gasteiger partial charge in [0.25, 0.3) is 11.7 Å². The number of rotatable bonds is 6. The number of amides is 1. The fraction of sp³-hybridized carbons (Fsp3) is 0.310. The summed E-state index contributed by atoms with van der Waals surface area (Å²) in [7, 11) is 0. The molecule has 188 valence electrons. The number of benzene rings is 2. The van der Waals surface area contributed by atoms with Gasteiger partial charge in [0.15, 0.2) is 0 Å². The number of hydrogen-bond acceptors (Lipinski definition) is 5. The molecule has 1 saturated heterocycles. The highest BCUT2D eigenvalue weighted by Gasteiger charge is 2.47. The van der Waals surface area contributed by atoms with Gasteiger partial charge in [0.05, 0.1) is 12.2 Å². The highest BCUT2D eigenvalue weighted by molar-refractivity contribution is 6.46. The lowest BCUT2D eigenvalue weighted by Gasteiger charge is -2.25. The Bertz CT molecular complexity index is 1330. The van der Waals surface area contributed by atoms with Crippen LogP contribution in [0.2, 0.25) is 0 Å². The minimum absolute atomic E-state index is 0.0442. The number of aryl methyl sites for hydroxylation is 1. The van der Waals surface area contributed by atoms with E-state index in [1.807, 2.05) is 27.7 Å². The summed E-state index contributed by atoms with van der Waals surface area (Å²) in [6.45, 7) is 10.3.